The highest BCUT2D eigenvalue weighted by atomic mass is 35.5. The molecule has 0 radical (unpaired) electrons. The van der Waals surface area contributed by atoms with Crippen LogP contribution >= 0.6 is 11.6 Å². The molecule has 1 N–H and O–H groups in total. The molecule has 2 saturated heterocycles. The van der Waals surface area contributed by atoms with Gasteiger partial charge in [-0.25, -0.2) is 4.90 Å². The minimum Gasteiger partial charge on any atom is -0.468 e. The zero-order chi connectivity index (χ0) is 29.9. The van der Waals surface area contributed by atoms with Crippen LogP contribution in [0.1, 0.15) is 22.3 Å². The first kappa shape index (κ1) is 28.6. The van der Waals surface area contributed by atoms with Crippen LogP contribution in [-0.2, 0) is 37.0 Å². The van der Waals surface area contributed by atoms with E-state index in [1.807, 2.05) is 0 Å². The van der Waals surface area contributed by atoms with E-state index in [2.05, 4.69) is 5.32 Å². The Morgan fingerprint density at radius 1 is 0.805 bits per heavy atom. The number of nitrogens with one attached hydrogen (secondary N) is 1. The van der Waals surface area contributed by atoms with Crippen LogP contribution in [-0.4, -0.2) is 30.9 Å². The van der Waals surface area contributed by atoms with Gasteiger partial charge in [0.15, 0.2) is 0 Å². The SMILES string of the molecule is COC(=O)[C@@H]1NC(c2ccc(C(F)(F)F)cc2)(c2ccc(C(F)(F)F)cc2)[C@H]2C(=O)N(c3ccc(Cl)cc3)C(=O)[C@@H]12. The fourth-order valence-electron chi connectivity index (χ4n) is 5.62. The fraction of sp³-hybridized carbons (Fsp3) is 0.250. The van der Waals surface area contributed by atoms with Crippen LogP contribution in [0.25, 0.3) is 0 Å². The first-order chi connectivity index (χ1) is 19.2. The summed E-state index contributed by atoms with van der Waals surface area (Å²) in [6.07, 6.45) is -9.41. The number of hydrogen-bond donors (Lipinski definition) is 1. The Hall–Kier alpha value is -3.90. The quantitative estimate of drug-likeness (QED) is 0.242. The molecule has 0 saturated carbocycles. The minimum atomic E-state index is -4.70. The summed E-state index contributed by atoms with van der Waals surface area (Å²) >= 11 is 5.95. The molecule has 2 fully saturated rings. The summed E-state index contributed by atoms with van der Waals surface area (Å²) in [6.45, 7) is 0. The molecule has 2 aliphatic heterocycles. The van der Waals surface area contributed by atoms with Crippen molar-refractivity contribution in [3.05, 3.63) is 100 Å². The van der Waals surface area contributed by atoms with Gasteiger partial charge >= 0.3 is 18.3 Å². The predicted octanol–water partition coefficient (Wildman–Crippen LogP) is 5.57. The Balaban J connectivity index is 1.75. The average molecular weight is 597 g/mol. The molecule has 3 atom stereocenters. The lowest BCUT2D eigenvalue weighted by Crippen LogP contribution is -2.52. The summed E-state index contributed by atoms with van der Waals surface area (Å²) in [7, 11) is 1.05. The third kappa shape index (κ3) is 4.64. The standard InChI is InChI=1S/C28H19ClF6N2O4/c1-41-25(40)22-20-21(24(39)37(23(20)38)19-12-10-18(29)11-13-19)26(36-22,14-2-6-16(7-3-14)27(30,31)32)15-4-8-17(9-5-15)28(33,34)35/h2-13,20-22,36H,1H3/t20-,21-,22-/m1/s1. The van der Waals surface area contributed by atoms with Crippen LogP contribution in [0.3, 0.4) is 0 Å². The van der Waals surface area contributed by atoms with Crippen molar-refractivity contribution in [3.63, 3.8) is 0 Å². The number of imide groups is 1. The topological polar surface area (TPSA) is 75.7 Å². The molecule has 0 bridgehead atoms. The average Bonchev–Trinajstić information content (AvgIpc) is 3.42. The maximum absolute atomic E-state index is 14.1. The molecule has 0 aliphatic carbocycles. The second kappa shape index (κ2) is 9.88. The van der Waals surface area contributed by atoms with Gasteiger partial charge < -0.3 is 4.74 Å². The van der Waals surface area contributed by atoms with E-state index in [4.69, 9.17) is 16.3 Å². The van der Waals surface area contributed by atoms with E-state index >= 15 is 0 Å². The van der Waals surface area contributed by atoms with Gasteiger partial charge in [0.1, 0.15) is 6.04 Å². The van der Waals surface area contributed by atoms with Crippen molar-refractivity contribution < 1.29 is 45.5 Å². The second-order valence-corrected chi connectivity index (χ2v) is 10.0. The van der Waals surface area contributed by atoms with E-state index in [-0.39, 0.29) is 16.8 Å². The highest BCUT2D eigenvalue weighted by molar-refractivity contribution is 6.31. The molecule has 214 valence electrons. The Morgan fingerprint density at radius 3 is 1.68 bits per heavy atom. The predicted molar refractivity (Wildman–Crippen MR) is 134 cm³/mol. The van der Waals surface area contributed by atoms with Crippen molar-refractivity contribution in [3.8, 4) is 0 Å². The van der Waals surface area contributed by atoms with Crippen molar-refractivity contribution in [2.75, 3.05) is 12.0 Å². The van der Waals surface area contributed by atoms with Crippen molar-refractivity contribution in [2.24, 2.45) is 11.8 Å². The van der Waals surface area contributed by atoms with Gasteiger partial charge in [-0.1, -0.05) is 35.9 Å². The number of nitrogens with zero attached hydrogens (tertiary/aromatic N) is 1. The van der Waals surface area contributed by atoms with E-state index in [1.165, 1.54) is 24.3 Å². The van der Waals surface area contributed by atoms with Crippen LogP contribution < -0.4 is 10.2 Å². The number of halogens is 7. The zero-order valence-corrected chi connectivity index (χ0v) is 21.6. The summed E-state index contributed by atoms with van der Waals surface area (Å²) < 4.78 is 85.2. The van der Waals surface area contributed by atoms with E-state index in [0.717, 1.165) is 60.5 Å². The van der Waals surface area contributed by atoms with Crippen LogP contribution in [0.15, 0.2) is 72.8 Å². The van der Waals surface area contributed by atoms with Gasteiger partial charge in [-0.05, 0) is 59.7 Å². The van der Waals surface area contributed by atoms with Crippen molar-refractivity contribution >= 4 is 35.1 Å². The number of carbonyl (C=O) groups is 3. The number of alkyl halides is 6. The Morgan fingerprint density at radius 2 is 1.27 bits per heavy atom. The zero-order valence-electron chi connectivity index (χ0n) is 20.9. The van der Waals surface area contributed by atoms with Crippen LogP contribution in [0.5, 0.6) is 0 Å². The highest BCUT2D eigenvalue weighted by Gasteiger charge is 2.68. The molecule has 5 rings (SSSR count). The minimum absolute atomic E-state index is 0.0192. The lowest BCUT2D eigenvalue weighted by molar-refractivity contribution is -0.145. The number of benzene rings is 3. The molecule has 3 aromatic carbocycles. The van der Waals surface area contributed by atoms with Crippen LogP contribution in [0, 0.1) is 11.8 Å². The number of methoxy groups -OCH3 is 1. The number of ether oxygens (including phenoxy) is 1. The third-order valence-corrected chi connectivity index (χ3v) is 7.69. The van der Waals surface area contributed by atoms with E-state index in [9.17, 15) is 40.7 Å². The number of carbonyl (C=O) groups excluding carboxylic acids is 3. The molecule has 0 unspecified atom stereocenters. The summed E-state index contributed by atoms with van der Waals surface area (Å²) in [5.41, 5.74) is -3.77. The number of hydrogen-bond acceptors (Lipinski definition) is 5. The molecule has 13 heteroatoms. The monoisotopic (exact) mass is 596 g/mol. The van der Waals surface area contributed by atoms with Gasteiger partial charge in [0.05, 0.1) is 41.3 Å². The Labute approximate surface area is 233 Å². The lowest BCUT2D eigenvalue weighted by Gasteiger charge is -2.36. The van der Waals surface area contributed by atoms with Crippen molar-refractivity contribution in [1.82, 2.24) is 5.32 Å². The number of amides is 2. The Kier molecular flexibility index (Phi) is 6.90. The maximum Gasteiger partial charge on any atom is 0.416 e. The first-order valence-corrected chi connectivity index (χ1v) is 12.4. The molecule has 3 aromatic rings. The molecular weight excluding hydrogens is 578 g/mol. The van der Waals surface area contributed by atoms with Gasteiger partial charge in [-0.15, -0.1) is 0 Å². The summed E-state index contributed by atoms with van der Waals surface area (Å²) in [5, 5.41) is 3.23. The van der Waals surface area contributed by atoms with Gasteiger partial charge in [-0.3, -0.25) is 19.7 Å². The third-order valence-electron chi connectivity index (χ3n) is 7.43. The Bertz CT molecular complexity index is 1450. The van der Waals surface area contributed by atoms with Crippen LogP contribution in [0.2, 0.25) is 5.02 Å². The molecule has 6 nitrogen and oxygen atoms in total. The molecule has 2 heterocycles. The van der Waals surface area contributed by atoms with E-state index in [1.54, 1.807) is 0 Å². The number of anilines is 1. The van der Waals surface area contributed by atoms with Gasteiger partial charge in [0, 0.05) is 5.02 Å². The first-order valence-electron chi connectivity index (χ1n) is 12.0. The van der Waals surface area contributed by atoms with Crippen LogP contribution in [0.4, 0.5) is 32.0 Å². The molecule has 2 amide bonds. The normalized spacial score (nSPS) is 22.1. The smallest absolute Gasteiger partial charge is 0.416 e. The summed E-state index contributed by atoms with van der Waals surface area (Å²) in [5.74, 6) is -5.43. The van der Waals surface area contributed by atoms with E-state index in [0.29, 0.717) is 5.02 Å². The van der Waals surface area contributed by atoms with E-state index < -0.39 is 64.7 Å². The molecule has 2 aliphatic rings. The summed E-state index contributed by atoms with van der Waals surface area (Å²) in [6, 6.07) is 11.4. The largest absolute Gasteiger partial charge is 0.468 e. The summed E-state index contributed by atoms with van der Waals surface area (Å²) in [4.78, 5) is 41.6. The molecular formula is C28H19ClF6N2O4. The number of esters is 1. The number of rotatable bonds is 4. The molecule has 0 aromatic heterocycles. The number of fused-ring (bicyclic) bond motifs is 1. The molecule has 41 heavy (non-hydrogen) atoms. The fourth-order valence-corrected chi connectivity index (χ4v) is 5.75. The van der Waals surface area contributed by atoms with Gasteiger partial charge in [-0.2, -0.15) is 26.3 Å². The van der Waals surface area contributed by atoms with Gasteiger partial charge in [0.25, 0.3) is 0 Å². The van der Waals surface area contributed by atoms with Crippen molar-refractivity contribution in [1.29, 1.82) is 0 Å². The lowest BCUT2D eigenvalue weighted by atomic mass is 9.71. The maximum atomic E-state index is 14.1. The molecule has 0 spiro atoms. The highest BCUT2D eigenvalue weighted by Crippen LogP contribution is 2.53. The second-order valence-electron chi connectivity index (χ2n) is 9.60. The van der Waals surface area contributed by atoms with Gasteiger partial charge in [0.2, 0.25) is 11.8 Å². The van der Waals surface area contributed by atoms with Crippen molar-refractivity contribution in [2.45, 2.75) is 23.9 Å².